The summed E-state index contributed by atoms with van der Waals surface area (Å²) in [6.07, 6.45) is 1.56. The summed E-state index contributed by atoms with van der Waals surface area (Å²) in [4.78, 5) is 26.6. The van der Waals surface area contributed by atoms with Crippen molar-refractivity contribution >= 4 is 11.7 Å². The molecular formula is C21H20N2O2. The molecule has 0 bridgehead atoms. The topological polar surface area (TPSA) is 62.0 Å². The molecule has 0 aliphatic rings. The van der Waals surface area contributed by atoms with Crippen molar-refractivity contribution in [1.29, 1.82) is 0 Å². The van der Waals surface area contributed by atoms with E-state index in [1.165, 1.54) is 6.92 Å². The van der Waals surface area contributed by atoms with E-state index in [1.54, 1.807) is 12.3 Å². The molecule has 0 aliphatic heterocycles. The van der Waals surface area contributed by atoms with Gasteiger partial charge < -0.3 is 10.3 Å². The Bertz CT molecular complexity index is 814. The van der Waals surface area contributed by atoms with Crippen molar-refractivity contribution in [2.24, 2.45) is 0 Å². The number of carbonyl (C=O) groups excluding carboxylic acids is 2. The van der Waals surface area contributed by atoms with Crippen LogP contribution in [0.25, 0.3) is 0 Å². The molecule has 0 spiro atoms. The van der Waals surface area contributed by atoms with E-state index in [2.05, 4.69) is 34.6 Å². The highest BCUT2D eigenvalue weighted by atomic mass is 16.2. The first kappa shape index (κ1) is 16.7. The minimum Gasteiger partial charge on any atom is -0.356 e. The first-order chi connectivity index (χ1) is 12.1. The molecule has 1 amide bonds. The fraction of sp³-hybridized carbons (Fsp3) is 0.143. The lowest BCUT2D eigenvalue weighted by Gasteiger charge is -2.18. The predicted molar refractivity (Wildman–Crippen MR) is 97.9 cm³/mol. The van der Waals surface area contributed by atoms with Crippen LogP contribution in [0.2, 0.25) is 0 Å². The number of hydrogen-bond donors (Lipinski definition) is 2. The van der Waals surface area contributed by atoms with E-state index in [0.717, 1.165) is 11.1 Å². The second-order valence-electron chi connectivity index (χ2n) is 5.94. The molecule has 0 unspecified atom stereocenters. The average Bonchev–Trinajstić information content (AvgIpc) is 3.14. The van der Waals surface area contributed by atoms with Crippen molar-refractivity contribution in [2.45, 2.75) is 12.8 Å². The van der Waals surface area contributed by atoms with Gasteiger partial charge in [0.25, 0.3) is 5.91 Å². The standard InChI is InChI=1S/C21H20N2O2/c1-15(24)18-12-20(22-13-18)21(25)23-14-19(16-8-4-2-5-9-16)17-10-6-3-7-11-17/h2-13,19,22H,14H2,1H3,(H,23,25). The van der Waals surface area contributed by atoms with Gasteiger partial charge >= 0.3 is 0 Å². The van der Waals surface area contributed by atoms with Gasteiger partial charge in [-0.3, -0.25) is 9.59 Å². The Labute approximate surface area is 146 Å². The first-order valence-electron chi connectivity index (χ1n) is 8.22. The van der Waals surface area contributed by atoms with Crippen LogP contribution in [-0.2, 0) is 0 Å². The van der Waals surface area contributed by atoms with E-state index < -0.39 is 0 Å². The molecule has 2 N–H and O–H groups in total. The van der Waals surface area contributed by atoms with Crippen molar-refractivity contribution < 1.29 is 9.59 Å². The van der Waals surface area contributed by atoms with Gasteiger partial charge in [0.05, 0.1) is 0 Å². The third kappa shape index (κ3) is 4.04. The molecule has 0 aliphatic carbocycles. The molecule has 0 fully saturated rings. The van der Waals surface area contributed by atoms with Gasteiger partial charge in [-0.2, -0.15) is 0 Å². The summed E-state index contributed by atoms with van der Waals surface area (Å²) in [7, 11) is 0. The number of nitrogens with one attached hydrogen (secondary N) is 2. The monoisotopic (exact) mass is 332 g/mol. The smallest absolute Gasteiger partial charge is 0.267 e. The van der Waals surface area contributed by atoms with Gasteiger partial charge in [-0.05, 0) is 24.1 Å². The minimum absolute atomic E-state index is 0.0635. The van der Waals surface area contributed by atoms with Crippen molar-refractivity contribution in [3.8, 4) is 0 Å². The highest BCUT2D eigenvalue weighted by molar-refractivity contribution is 5.99. The molecule has 1 aromatic heterocycles. The number of rotatable bonds is 6. The molecule has 1 heterocycles. The highest BCUT2D eigenvalue weighted by Crippen LogP contribution is 2.23. The number of carbonyl (C=O) groups is 2. The van der Waals surface area contributed by atoms with Crippen LogP contribution in [0.15, 0.2) is 72.9 Å². The van der Waals surface area contributed by atoms with Gasteiger partial charge in [0.1, 0.15) is 5.69 Å². The molecule has 4 nitrogen and oxygen atoms in total. The largest absolute Gasteiger partial charge is 0.356 e. The van der Waals surface area contributed by atoms with Crippen LogP contribution in [0.4, 0.5) is 0 Å². The predicted octanol–water partition coefficient (Wildman–Crippen LogP) is 3.78. The Morgan fingerprint density at radius 3 is 2.00 bits per heavy atom. The number of benzene rings is 2. The van der Waals surface area contributed by atoms with Gasteiger partial charge in [0.15, 0.2) is 5.78 Å². The lowest BCUT2D eigenvalue weighted by atomic mass is 9.91. The fourth-order valence-corrected chi connectivity index (χ4v) is 2.82. The summed E-state index contributed by atoms with van der Waals surface area (Å²) < 4.78 is 0. The van der Waals surface area contributed by atoms with Crippen molar-refractivity contribution in [3.05, 3.63) is 95.3 Å². The molecule has 0 saturated carbocycles. The number of H-pyrrole nitrogens is 1. The summed E-state index contributed by atoms with van der Waals surface area (Å²) in [5.41, 5.74) is 3.19. The molecular weight excluding hydrogens is 312 g/mol. The summed E-state index contributed by atoms with van der Waals surface area (Å²) in [5.74, 6) is -0.223. The van der Waals surface area contributed by atoms with Crippen LogP contribution in [0.1, 0.15) is 44.8 Å². The average molecular weight is 332 g/mol. The van der Waals surface area contributed by atoms with Crippen LogP contribution in [0.5, 0.6) is 0 Å². The van der Waals surface area contributed by atoms with Crippen LogP contribution < -0.4 is 5.32 Å². The van der Waals surface area contributed by atoms with E-state index >= 15 is 0 Å². The van der Waals surface area contributed by atoms with Crippen LogP contribution in [-0.4, -0.2) is 23.2 Å². The normalized spacial score (nSPS) is 10.6. The van der Waals surface area contributed by atoms with Gasteiger partial charge in [-0.25, -0.2) is 0 Å². The number of ketones is 1. The van der Waals surface area contributed by atoms with E-state index in [1.807, 2.05) is 36.4 Å². The Kier molecular flexibility index (Phi) is 5.09. The maximum Gasteiger partial charge on any atom is 0.267 e. The second-order valence-corrected chi connectivity index (χ2v) is 5.94. The molecule has 2 aromatic carbocycles. The van der Waals surface area contributed by atoms with E-state index in [4.69, 9.17) is 0 Å². The summed E-state index contributed by atoms with van der Waals surface area (Å²) in [5, 5.41) is 2.97. The Morgan fingerprint density at radius 2 is 1.52 bits per heavy atom. The molecule has 126 valence electrons. The zero-order valence-electron chi connectivity index (χ0n) is 14.0. The zero-order valence-corrected chi connectivity index (χ0v) is 14.0. The lowest BCUT2D eigenvalue weighted by molar-refractivity contribution is 0.0948. The highest BCUT2D eigenvalue weighted by Gasteiger charge is 2.16. The summed E-state index contributed by atoms with van der Waals surface area (Å²) >= 11 is 0. The maximum atomic E-state index is 12.4. The number of amides is 1. The zero-order chi connectivity index (χ0) is 17.6. The van der Waals surface area contributed by atoms with Gasteiger partial charge in [0, 0.05) is 24.2 Å². The number of hydrogen-bond acceptors (Lipinski definition) is 2. The van der Waals surface area contributed by atoms with Gasteiger partial charge in [-0.15, -0.1) is 0 Å². The van der Waals surface area contributed by atoms with Crippen LogP contribution in [0, 0.1) is 0 Å². The van der Waals surface area contributed by atoms with Gasteiger partial charge in [0.2, 0.25) is 0 Å². The summed E-state index contributed by atoms with van der Waals surface area (Å²) in [6.45, 7) is 1.95. The van der Waals surface area contributed by atoms with Crippen LogP contribution >= 0.6 is 0 Å². The molecule has 0 atom stereocenters. The minimum atomic E-state index is -0.218. The SMILES string of the molecule is CC(=O)c1c[nH]c(C(=O)NCC(c2ccccc2)c2ccccc2)c1. The molecule has 25 heavy (non-hydrogen) atoms. The first-order valence-corrected chi connectivity index (χ1v) is 8.22. The quantitative estimate of drug-likeness (QED) is 0.675. The number of aromatic amines is 1. The van der Waals surface area contributed by atoms with Crippen molar-refractivity contribution in [2.75, 3.05) is 6.54 Å². The molecule has 3 aromatic rings. The Morgan fingerprint density at radius 1 is 0.960 bits per heavy atom. The van der Waals surface area contributed by atoms with Crippen molar-refractivity contribution in [3.63, 3.8) is 0 Å². The third-order valence-electron chi connectivity index (χ3n) is 4.20. The molecule has 3 rings (SSSR count). The number of aromatic nitrogens is 1. The maximum absolute atomic E-state index is 12.4. The molecule has 0 radical (unpaired) electrons. The number of Topliss-reactive ketones (excluding diaryl/α,β-unsaturated/α-hetero) is 1. The fourth-order valence-electron chi connectivity index (χ4n) is 2.82. The second kappa shape index (κ2) is 7.62. The lowest BCUT2D eigenvalue weighted by Crippen LogP contribution is -2.29. The molecule has 0 saturated heterocycles. The van der Waals surface area contributed by atoms with E-state index in [9.17, 15) is 9.59 Å². The van der Waals surface area contributed by atoms with Gasteiger partial charge in [-0.1, -0.05) is 60.7 Å². The van der Waals surface area contributed by atoms with Crippen molar-refractivity contribution in [1.82, 2.24) is 10.3 Å². The van der Waals surface area contributed by atoms with E-state index in [0.29, 0.717) is 17.8 Å². The third-order valence-corrected chi connectivity index (χ3v) is 4.20. The molecule has 4 heteroatoms. The Hall–Kier alpha value is -3.14. The Balaban J connectivity index is 1.76. The van der Waals surface area contributed by atoms with E-state index in [-0.39, 0.29) is 17.6 Å². The summed E-state index contributed by atoms with van der Waals surface area (Å²) in [6, 6.07) is 21.8. The van der Waals surface area contributed by atoms with Crippen LogP contribution in [0.3, 0.4) is 0 Å².